The van der Waals surface area contributed by atoms with E-state index in [1.807, 2.05) is 30.3 Å². The quantitative estimate of drug-likeness (QED) is 0.532. The summed E-state index contributed by atoms with van der Waals surface area (Å²) in [4.78, 5) is 14.8. The van der Waals surface area contributed by atoms with Crippen molar-refractivity contribution in [2.45, 2.75) is 58.3 Å². The van der Waals surface area contributed by atoms with E-state index in [2.05, 4.69) is 24.8 Å². The fourth-order valence-corrected chi connectivity index (χ4v) is 2.73. The van der Waals surface area contributed by atoms with E-state index in [1.54, 1.807) is 0 Å². The summed E-state index contributed by atoms with van der Waals surface area (Å²) in [6.45, 7) is 6.67. The van der Waals surface area contributed by atoms with Gasteiger partial charge < -0.3 is 0 Å². The second-order valence-electron chi connectivity index (χ2n) is 6.13. The fraction of sp³-hybridized carbons (Fsp3) is 0.600. The van der Waals surface area contributed by atoms with Crippen LogP contribution in [0.3, 0.4) is 0 Å². The minimum absolute atomic E-state index is 0.0201. The third-order valence-corrected chi connectivity index (χ3v) is 4.12. The van der Waals surface area contributed by atoms with Crippen molar-refractivity contribution >= 4 is 5.78 Å². The van der Waals surface area contributed by atoms with Crippen molar-refractivity contribution in [3.05, 3.63) is 35.9 Å². The normalized spacial score (nSPS) is 12.1. The molecular weight excluding hydrogens is 284 g/mol. The molecule has 0 N–H and O–H groups in total. The first kappa shape index (κ1) is 19.4. The van der Waals surface area contributed by atoms with Gasteiger partial charge in [0, 0.05) is 0 Å². The summed E-state index contributed by atoms with van der Waals surface area (Å²) < 4.78 is 0. The SMILES string of the molecule is CCCCCN(CCCCC)CC(=O)C(C#N)c1ccccc1. The second kappa shape index (κ2) is 11.8. The van der Waals surface area contributed by atoms with Crippen LogP contribution in [0.2, 0.25) is 0 Å². The minimum Gasteiger partial charge on any atom is -0.296 e. The number of rotatable bonds is 12. The van der Waals surface area contributed by atoms with Gasteiger partial charge in [0.15, 0.2) is 5.78 Å². The molecule has 0 aliphatic carbocycles. The van der Waals surface area contributed by atoms with Gasteiger partial charge in [-0.3, -0.25) is 9.69 Å². The molecule has 0 aliphatic rings. The van der Waals surface area contributed by atoms with E-state index in [0.29, 0.717) is 6.54 Å². The number of Topliss-reactive ketones (excluding diaryl/α,β-unsaturated/α-hetero) is 1. The number of benzene rings is 1. The molecule has 1 unspecified atom stereocenters. The van der Waals surface area contributed by atoms with E-state index in [4.69, 9.17) is 0 Å². The van der Waals surface area contributed by atoms with Gasteiger partial charge >= 0.3 is 0 Å². The van der Waals surface area contributed by atoms with Crippen molar-refractivity contribution in [1.82, 2.24) is 4.90 Å². The van der Waals surface area contributed by atoms with Crippen LogP contribution < -0.4 is 0 Å². The average Bonchev–Trinajstić information content (AvgIpc) is 2.57. The molecule has 0 spiro atoms. The molecule has 0 amide bonds. The lowest BCUT2D eigenvalue weighted by Crippen LogP contribution is -2.34. The van der Waals surface area contributed by atoms with Crippen LogP contribution >= 0.6 is 0 Å². The van der Waals surface area contributed by atoms with Crippen molar-refractivity contribution in [2.24, 2.45) is 0 Å². The average molecular weight is 314 g/mol. The number of carbonyl (C=O) groups is 1. The molecule has 23 heavy (non-hydrogen) atoms. The van der Waals surface area contributed by atoms with Crippen LogP contribution in [0, 0.1) is 11.3 Å². The van der Waals surface area contributed by atoms with Crippen LogP contribution in [0.5, 0.6) is 0 Å². The third kappa shape index (κ3) is 7.43. The molecule has 1 rings (SSSR count). The Morgan fingerprint density at radius 3 is 2.09 bits per heavy atom. The Hall–Kier alpha value is -1.66. The molecular formula is C20H30N2O. The van der Waals surface area contributed by atoms with Gasteiger partial charge in [-0.15, -0.1) is 0 Å². The van der Waals surface area contributed by atoms with Crippen LogP contribution in [0.25, 0.3) is 0 Å². The molecule has 1 aromatic rings. The van der Waals surface area contributed by atoms with Gasteiger partial charge in [-0.1, -0.05) is 69.9 Å². The lowest BCUT2D eigenvalue weighted by Gasteiger charge is -2.22. The van der Waals surface area contributed by atoms with Gasteiger partial charge in [0.25, 0.3) is 0 Å². The van der Waals surface area contributed by atoms with E-state index in [-0.39, 0.29) is 5.78 Å². The molecule has 3 nitrogen and oxygen atoms in total. The Morgan fingerprint density at radius 2 is 1.61 bits per heavy atom. The van der Waals surface area contributed by atoms with Crippen molar-refractivity contribution < 1.29 is 4.79 Å². The molecule has 126 valence electrons. The first-order valence-electron chi connectivity index (χ1n) is 8.92. The number of hydrogen-bond acceptors (Lipinski definition) is 3. The van der Waals surface area contributed by atoms with Crippen molar-refractivity contribution in [3.63, 3.8) is 0 Å². The first-order valence-corrected chi connectivity index (χ1v) is 8.92. The van der Waals surface area contributed by atoms with Crippen LogP contribution in [0.15, 0.2) is 30.3 Å². The summed E-state index contributed by atoms with van der Waals surface area (Å²) in [5.74, 6) is -0.622. The van der Waals surface area contributed by atoms with Crippen molar-refractivity contribution in [1.29, 1.82) is 5.26 Å². The van der Waals surface area contributed by atoms with Gasteiger partial charge in [-0.05, 0) is 31.5 Å². The maximum absolute atomic E-state index is 12.6. The standard InChI is InChI=1S/C20H30N2O/c1-3-5-10-14-22(15-11-6-4-2)17-20(23)19(16-21)18-12-8-7-9-13-18/h7-9,12-13,19H,3-6,10-11,14-15,17H2,1-2H3. The highest BCUT2D eigenvalue weighted by Gasteiger charge is 2.22. The zero-order valence-electron chi connectivity index (χ0n) is 14.6. The predicted octanol–water partition coefficient (Wildman–Crippen LogP) is 4.55. The van der Waals surface area contributed by atoms with Gasteiger partial charge in [0.2, 0.25) is 0 Å². The maximum atomic E-state index is 12.6. The summed E-state index contributed by atoms with van der Waals surface area (Å²) in [7, 11) is 0. The molecule has 0 fully saturated rings. The van der Waals surface area contributed by atoms with Gasteiger partial charge in [0.05, 0.1) is 12.6 Å². The summed E-state index contributed by atoms with van der Waals surface area (Å²) in [5.41, 5.74) is 0.807. The Kier molecular flexibility index (Phi) is 9.99. The number of ketones is 1. The summed E-state index contributed by atoms with van der Waals surface area (Å²) in [5, 5.41) is 9.40. The maximum Gasteiger partial charge on any atom is 0.168 e. The van der Waals surface area contributed by atoms with Crippen molar-refractivity contribution in [3.8, 4) is 6.07 Å². The second-order valence-corrected chi connectivity index (χ2v) is 6.13. The number of unbranched alkanes of at least 4 members (excludes halogenated alkanes) is 4. The first-order chi connectivity index (χ1) is 11.2. The number of nitriles is 1. The summed E-state index contributed by atoms with van der Waals surface area (Å²) >= 11 is 0. The molecule has 0 radical (unpaired) electrons. The van der Waals surface area contributed by atoms with E-state index in [1.165, 1.54) is 25.7 Å². The molecule has 0 saturated carbocycles. The summed E-state index contributed by atoms with van der Waals surface area (Å²) in [6.07, 6.45) is 7.00. The van der Waals surface area contributed by atoms with E-state index in [9.17, 15) is 10.1 Å². The van der Waals surface area contributed by atoms with E-state index >= 15 is 0 Å². The monoisotopic (exact) mass is 314 g/mol. The van der Waals surface area contributed by atoms with Gasteiger partial charge in [-0.25, -0.2) is 0 Å². The third-order valence-electron chi connectivity index (χ3n) is 4.12. The van der Waals surface area contributed by atoms with E-state index in [0.717, 1.165) is 31.5 Å². The van der Waals surface area contributed by atoms with Crippen LogP contribution in [0.1, 0.15) is 63.9 Å². The zero-order valence-corrected chi connectivity index (χ0v) is 14.6. The Bertz CT molecular complexity index is 468. The highest BCUT2D eigenvalue weighted by molar-refractivity contribution is 5.90. The smallest absolute Gasteiger partial charge is 0.168 e. The number of hydrogen-bond donors (Lipinski definition) is 0. The molecule has 1 aromatic carbocycles. The van der Waals surface area contributed by atoms with Crippen LogP contribution in [-0.4, -0.2) is 30.3 Å². The Balaban J connectivity index is 2.63. The summed E-state index contributed by atoms with van der Waals surface area (Å²) in [6, 6.07) is 11.6. The minimum atomic E-state index is -0.643. The van der Waals surface area contributed by atoms with Gasteiger partial charge in [0.1, 0.15) is 5.92 Å². The Morgan fingerprint density at radius 1 is 1.04 bits per heavy atom. The molecule has 3 heteroatoms. The molecule has 0 saturated heterocycles. The Labute approximate surface area is 141 Å². The highest BCUT2D eigenvalue weighted by Crippen LogP contribution is 2.16. The molecule has 0 heterocycles. The fourth-order valence-electron chi connectivity index (χ4n) is 2.73. The topological polar surface area (TPSA) is 44.1 Å². The van der Waals surface area contributed by atoms with Crippen molar-refractivity contribution in [2.75, 3.05) is 19.6 Å². The van der Waals surface area contributed by atoms with Gasteiger partial charge in [-0.2, -0.15) is 5.26 Å². The predicted molar refractivity (Wildman–Crippen MR) is 95.3 cm³/mol. The molecule has 0 aliphatic heterocycles. The van der Waals surface area contributed by atoms with Crippen LogP contribution in [-0.2, 0) is 4.79 Å². The number of carbonyl (C=O) groups excluding carboxylic acids is 1. The molecule has 1 atom stereocenters. The lowest BCUT2D eigenvalue weighted by molar-refractivity contribution is -0.120. The molecule has 0 aromatic heterocycles. The van der Waals surface area contributed by atoms with Crippen LogP contribution in [0.4, 0.5) is 0 Å². The highest BCUT2D eigenvalue weighted by atomic mass is 16.1. The lowest BCUT2D eigenvalue weighted by atomic mass is 9.95. The number of nitrogens with zero attached hydrogens (tertiary/aromatic N) is 2. The zero-order chi connectivity index (χ0) is 16.9. The van der Waals surface area contributed by atoms with E-state index < -0.39 is 5.92 Å². The molecule has 0 bridgehead atoms. The largest absolute Gasteiger partial charge is 0.296 e.